The van der Waals surface area contributed by atoms with Gasteiger partial charge in [0.2, 0.25) is 0 Å². The zero-order valence-electron chi connectivity index (χ0n) is 11.4. The van der Waals surface area contributed by atoms with Crippen molar-refractivity contribution < 1.29 is 19.1 Å². The summed E-state index contributed by atoms with van der Waals surface area (Å²) in [5, 5.41) is 0.645. The minimum absolute atomic E-state index is 0.191. The highest BCUT2D eigenvalue weighted by Crippen LogP contribution is 2.33. The highest BCUT2D eigenvalue weighted by molar-refractivity contribution is 14.1. The summed E-state index contributed by atoms with van der Waals surface area (Å²) in [6.07, 6.45) is -0.739. The first-order valence-corrected chi connectivity index (χ1v) is 7.82. The Hall–Kier alpha value is -0.790. The van der Waals surface area contributed by atoms with Gasteiger partial charge in [-0.15, -0.1) is 0 Å². The molecule has 0 aliphatic rings. The lowest BCUT2D eigenvalue weighted by atomic mass is 10.2. The second kappa shape index (κ2) is 8.00. The first-order valence-electron chi connectivity index (χ1n) is 5.99. The number of benzene rings is 1. The maximum Gasteiger partial charge on any atom is 0.352 e. The van der Waals surface area contributed by atoms with Gasteiger partial charge >= 0.3 is 11.9 Å². The maximum atomic E-state index is 12.1. The summed E-state index contributed by atoms with van der Waals surface area (Å²) < 4.78 is 10.8. The van der Waals surface area contributed by atoms with Crippen molar-refractivity contribution in [2.45, 2.75) is 26.4 Å². The molecule has 0 spiro atoms. The maximum absolute atomic E-state index is 12.1. The fraction of sp³-hybridized carbons (Fsp3) is 0.286. The molecule has 0 N–H and O–H groups in total. The topological polar surface area (TPSA) is 52.6 Å². The Labute approximate surface area is 146 Å². The van der Waals surface area contributed by atoms with Crippen molar-refractivity contribution in [1.82, 2.24) is 0 Å². The SMILES string of the molecule is C=C(C)C(=O)OC(CC)C(=O)Oc1c(Cl)cc(Cl)cc1I. The molecule has 0 aromatic heterocycles. The standard InChI is InChI=1S/C14H13Cl2IO4/c1-4-11(20-13(18)7(2)3)14(19)21-12-9(16)5-8(15)6-10(12)17/h5-6,11H,2,4H2,1,3H3. The molecular weight excluding hydrogens is 430 g/mol. The predicted molar refractivity (Wildman–Crippen MR) is 89.8 cm³/mol. The molecule has 1 aromatic carbocycles. The molecule has 7 heteroatoms. The molecule has 1 aromatic rings. The number of esters is 2. The number of ether oxygens (including phenoxy) is 2. The van der Waals surface area contributed by atoms with E-state index in [1.807, 2.05) is 22.6 Å². The summed E-state index contributed by atoms with van der Waals surface area (Å²) >= 11 is 13.8. The van der Waals surface area contributed by atoms with Gasteiger partial charge < -0.3 is 9.47 Å². The van der Waals surface area contributed by atoms with Crippen molar-refractivity contribution in [3.8, 4) is 5.75 Å². The highest BCUT2D eigenvalue weighted by Gasteiger charge is 2.25. The van der Waals surface area contributed by atoms with E-state index >= 15 is 0 Å². The highest BCUT2D eigenvalue weighted by atomic mass is 127. The van der Waals surface area contributed by atoms with E-state index in [9.17, 15) is 9.59 Å². The van der Waals surface area contributed by atoms with Gasteiger partial charge in [-0.3, -0.25) is 0 Å². The Morgan fingerprint density at radius 1 is 1.38 bits per heavy atom. The molecule has 0 bridgehead atoms. The third kappa shape index (κ3) is 5.16. The molecule has 0 amide bonds. The van der Waals surface area contributed by atoms with Crippen molar-refractivity contribution in [1.29, 1.82) is 0 Å². The Morgan fingerprint density at radius 3 is 2.48 bits per heavy atom. The average molecular weight is 443 g/mol. The van der Waals surface area contributed by atoms with Gasteiger partial charge in [-0.05, 0) is 48.1 Å². The minimum atomic E-state index is -1.02. The number of rotatable bonds is 5. The van der Waals surface area contributed by atoms with Crippen LogP contribution in [0.15, 0.2) is 24.3 Å². The molecule has 0 radical (unpaired) electrons. The second-order valence-corrected chi connectivity index (χ2v) is 6.21. The average Bonchev–Trinajstić information content (AvgIpc) is 2.39. The lowest BCUT2D eigenvalue weighted by Crippen LogP contribution is -2.31. The monoisotopic (exact) mass is 442 g/mol. The van der Waals surface area contributed by atoms with Crippen molar-refractivity contribution >= 4 is 57.7 Å². The molecule has 0 saturated heterocycles. The molecule has 1 rings (SSSR count). The molecule has 1 unspecified atom stereocenters. The molecule has 114 valence electrons. The van der Waals surface area contributed by atoms with Gasteiger partial charge in [0.15, 0.2) is 11.9 Å². The molecule has 1 atom stereocenters. The number of carbonyl (C=O) groups excluding carboxylic acids is 2. The van der Waals surface area contributed by atoms with Crippen LogP contribution in [0, 0.1) is 3.57 Å². The summed E-state index contributed by atoms with van der Waals surface area (Å²) in [4.78, 5) is 23.5. The van der Waals surface area contributed by atoms with E-state index in [4.69, 9.17) is 32.7 Å². The van der Waals surface area contributed by atoms with Gasteiger partial charge in [-0.25, -0.2) is 9.59 Å². The zero-order valence-corrected chi connectivity index (χ0v) is 15.1. The fourth-order valence-corrected chi connectivity index (χ4v) is 2.93. The van der Waals surface area contributed by atoms with E-state index < -0.39 is 18.0 Å². The summed E-state index contributed by atoms with van der Waals surface area (Å²) in [5.74, 6) is -1.15. The van der Waals surface area contributed by atoms with Crippen LogP contribution in [-0.4, -0.2) is 18.0 Å². The van der Waals surface area contributed by atoms with Crippen LogP contribution in [0.3, 0.4) is 0 Å². The summed E-state index contributed by atoms with van der Waals surface area (Å²) in [7, 11) is 0. The third-order valence-corrected chi connectivity index (χ3v) is 3.70. The minimum Gasteiger partial charge on any atom is -0.447 e. The van der Waals surface area contributed by atoms with Crippen molar-refractivity contribution in [3.63, 3.8) is 0 Å². The van der Waals surface area contributed by atoms with Gasteiger partial charge in [0.25, 0.3) is 0 Å². The van der Waals surface area contributed by atoms with Crippen LogP contribution >= 0.6 is 45.8 Å². The largest absolute Gasteiger partial charge is 0.447 e. The normalized spacial score (nSPS) is 11.7. The first kappa shape index (κ1) is 18.3. The summed E-state index contributed by atoms with van der Waals surface area (Å²) in [5.41, 5.74) is 0.209. The molecule has 4 nitrogen and oxygen atoms in total. The van der Waals surface area contributed by atoms with Gasteiger partial charge in [-0.2, -0.15) is 0 Å². The van der Waals surface area contributed by atoms with Crippen LogP contribution in [0.1, 0.15) is 20.3 Å². The van der Waals surface area contributed by atoms with Gasteiger partial charge in [0.1, 0.15) is 0 Å². The lowest BCUT2D eigenvalue weighted by Gasteiger charge is -2.16. The van der Waals surface area contributed by atoms with Crippen LogP contribution < -0.4 is 4.74 Å². The lowest BCUT2D eigenvalue weighted by molar-refractivity contribution is -0.159. The van der Waals surface area contributed by atoms with Crippen LogP contribution in [0.2, 0.25) is 10.0 Å². The Kier molecular flexibility index (Phi) is 6.96. The first-order chi connectivity index (χ1) is 9.76. The number of carbonyl (C=O) groups is 2. The van der Waals surface area contributed by atoms with E-state index in [0.717, 1.165) is 0 Å². The summed E-state index contributed by atoms with van der Waals surface area (Å²) in [6.45, 7) is 6.66. The molecule has 0 aliphatic heterocycles. The molecular formula is C14H13Cl2IO4. The van der Waals surface area contributed by atoms with E-state index in [-0.39, 0.29) is 22.8 Å². The van der Waals surface area contributed by atoms with Crippen molar-refractivity contribution in [2.75, 3.05) is 0 Å². The smallest absolute Gasteiger partial charge is 0.352 e. The molecule has 0 aliphatic carbocycles. The zero-order chi connectivity index (χ0) is 16.2. The van der Waals surface area contributed by atoms with E-state index in [2.05, 4.69) is 6.58 Å². The quantitative estimate of drug-likeness (QED) is 0.293. The number of halogens is 3. The Bertz CT molecular complexity index is 563. The van der Waals surface area contributed by atoms with Crippen LogP contribution in [0.4, 0.5) is 0 Å². The fourth-order valence-electron chi connectivity index (χ4n) is 1.32. The van der Waals surface area contributed by atoms with Gasteiger partial charge in [-0.1, -0.05) is 36.7 Å². The van der Waals surface area contributed by atoms with E-state index in [0.29, 0.717) is 8.59 Å². The molecule has 0 saturated carbocycles. The summed E-state index contributed by atoms with van der Waals surface area (Å²) in [6, 6.07) is 3.08. The predicted octanol–water partition coefficient (Wildman–Crippen LogP) is 4.40. The molecule has 0 fully saturated rings. The third-order valence-electron chi connectivity index (χ3n) is 2.40. The van der Waals surface area contributed by atoms with Crippen LogP contribution in [0.25, 0.3) is 0 Å². The molecule has 0 heterocycles. The number of hydrogen-bond acceptors (Lipinski definition) is 4. The van der Waals surface area contributed by atoms with Gasteiger partial charge in [0.05, 0.1) is 8.59 Å². The number of hydrogen-bond donors (Lipinski definition) is 0. The van der Waals surface area contributed by atoms with Crippen molar-refractivity contribution in [3.05, 3.63) is 37.9 Å². The molecule has 21 heavy (non-hydrogen) atoms. The Balaban J connectivity index is 2.89. The van der Waals surface area contributed by atoms with Crippen LogP contribution in [0.5, 0.6) is 5.75 Å². The van der Waals surface area contributed by atoms with Gasteiger partial charge in [0, 0.05) is 10.6 Å². The van der Waals surface area contributed by atoms with Crippen LogP contribution in [-0.2, 0) is 14.3 Å². The van der Waals surface area contributed by atoms with E-state index in [1.54, 1.807) is 13.0 Å². The van der Waals surface area contributed by atoms with Crippen molar-refractivity contribution in [2.24, 2.45) is 0 Å². The second-order valence-electron chi connectivity index (χ2n) is 4.20. The van der Waals surface area contributed by atoms with E-state index in [1.165, 1.54) is 13.0 Å². The Morgan fingerprint density at radius 2 is 2.00 bits per heavy atom.